The number of anilines is 2. The Kier molecular flexibility index (Phi) is 11.7. The highest BCUT2D eigenvalue weighted by molar-refractivity contribution is 6.04. The molecular weight excluding hydrogens is 711 g/mol. The first-order valence-electron chi connectivity index (χ1n) is 20.9. The fraction of sp³-hybridized carbons (Fsp3) is 0.396. The average Bonchev–Trinajstić information content (AvgIpc) is 3.64. The largest absolute Gasteiger partial charge is 0.508 e. The summed E-state index contributed by atoms with van der Waals surface area (Å²) in [7, 11) is 0. The Hall–Kier alpha value is -5.41. The molecule has 296 valence electrons. The molecule has 3 aliphatic heterocycles. The van der Waals surface area contributed by atoms with Crippen molar-refractivity contribution in [3.63, 3.8) is 0 Å². The van der Waals surface area contributed by atoms with E-state index in [1.54, 1.807) is 11.0 Å². The van der Waals surface area contributed by atoms with Crippen molar-refractivity contribution in [3.05, 3.63) is 131 Å². The van der Waals surface area contributed by atoms with Gasteiger partial charge in [-0.1, -0.05) is 74.0 Å². The number of nitrogens with one attached hydrogen (secondary N) is 1. The van der Waals surface area contributed by atoms with Crippen LogP contribution in [0.1, 0.15) is 78.7 Å². The van der Waals surface area contributed by atoms with Crippen LogP contribution >= 0.6 is 0 Å². The van der Waals surface area contributed by atoms with Crippen LogP contribution in [-0.4, -0.2) is 91.5 Å². The van der Waals surface area contributed by atoms with Crippen molar-refractivity contribution in [2.45, 2.75) is 63.3 Å². The number of carbonyl (C=O) groups excluding carboxylic acids is 3. The molecule has 3 heterocycles. The molecule has 8 rings (SSSR count). The van der Waals surface area contributed by atoms with Gasteiger partial charge in [-0.3, -0.25) is 24.6 Å². The van der Waals surface area contributed by atoms with Gasteiger partial charge in [-0.2, -0.15) is 0 Å². The molecule has 57 heavy (non-hydrogen) atoms. The number of rotatable bonds is 12. The van der Waals surface area contributed by atoms with Crippen LogP contribution in [-0.2, 0) is 20.8 Å². The summed E-state index contributed by atoms with van der Waals surface area (Å²) in [6.07, 6.45) is 7.70. The van der Waals surface area contributed by atoms with Gasteiger partial charge in [0.2, 0.25) is 18.2 Å². The smallest absolute Gasteiger partial charge is 0.249 e. The van der Waals surface area contributed by atoms with Crippen LogP contribution in [0.4, 0.5) is 11.4 Å². The van der Waals surface area contributed by atoms with Gasteiger partial charge in [0, 0.05) is 75.7 Å². The van der Waals surface area contributed by atoms with E-state index in [0.29, 0.717) is 37.0 Å². The summed E-state index contributed by atoms with van der Waals surface area (Å²) >= 11 is 0. The van der Waals surface area contributed by atoms with Crippen molar-refractivity contribution in [2.75, 3.05) is 62.2 Å². The van der Waals surface area contributed by atoms with Gasteiger partial charge in [0.1, 0.15) is 11.8 Å². The molecule has 9 nitrogen and oxygen atoms in total. The summed E-state index contributed by atoms with van der Waals surface area (Å²) in [5.41, 5.74) is 9.71. The molecule has 0 aromatic heterocycles. The highest BCUT2D eigenvalue weighted by Gasteiger charge is 2.34. The lowest BCUT2D eigenvalue weighted by molar-refractivity contribution is -0.137. The van der Waals surface area contributed by atoms with E-state index >= 15 is 0 Å². The molecule has 4 aromatic rings. The minimum atomic E-state index is -0.653. The Morgan fingerprint density at radius 2 is 1.51 bits per heavy atom. The summed E-state index contributed by atoms with van der Waals surface area (Å²) in [4.78, 5) is 45.4. The van der Waals surface area contributed by atoms with Gasteiger partial charge in [-0.25, -0.2) is 0 Å². The van der Waals surface area contributed by atoms with Gasteiger partial charge in [0.15, 0.2) is 0 Å². The third kappa shape index (κ3) is 8.49. The van der Waals surface area contributed by atoms with Gasteiger partial charge in [0.05, 0.1) is 0 Å². The third-order valence-electron chi connectivity index (χ3n) is 12.9. The van der Waals surface area contributed by atoms with E-state index in [9.17, 15) is 19.5 Å². The molecule has 4 aliphatic rings. The number of piperidine rings is 1. The van der Waals surface area contributed by atoms with Crippen LogP contribution in [0, 0.1) is 5.92 Å². The van der Waals surface area contributed by atoms with Crippen molar-refractivity contribution >= 4 is 35.2 Å². The number of hydrogen-bond acceptors (Lipinski definition) is 7. The van der Waals surface area contributed by atoms with Crippen molar-refractivity contribution in [3.8, 4) is 5.75 Å². The van der Waals surface area contributed by atoms with E-state index in [2.05, 4.69) is 105 Å². The minimum Gasteiger partial charge on any atom is -0.508 e. The Bertz CT molecular complexity index is 2050. The van der Waals surface area contributed by atoms with Crippen molar-refractivity contribution in [2.24, 2.45) is 5.92 Å². The summed E-state index contributed by atoms with van der Waals surface area (Å²) in [6.45, 7) is 9.71. The molecule has 2 fully saturated rings. The number of nitrogens with zero attached hydrogens (tertiary/aromatic N) is 4. The molecule has 0 saturated carbocycles. The van der Waals surface area contributed by atoms with Crippen LogP contribution in [0.25, 0.3) is 5.57 Å². The lowest BCUT2D eigenvalue weighted by atomic mass is 9.69. The van der Waals surface area contributed by atoms with Gasteiger partial charge >= 0.3 is 0 Å². The normalized spacial score (nSPS) is 20.9. The first kappa shape index (κ1) is 38.5. The van der Waals surface area contributed by atoms with E-state index in [4.69, 9.17) is 0 Å². The SMILES string of the molecule is CCCC(C(=O)NC=O)N1CC(c2ccc(N3CCN(CC4CCN(c5ccc(C6c7ccc(O)cc7CCC6c6ccccc6)cc5)CC4)CC3)cc2)=CC1=O. The number of hydrogen-bond donors (Lipinski definition) is 2. The second kappa shape index (κ2) is 17.4. The third-order valence-corrected chi connectivity index (χ3v) is 12.9. The van der Waals surface area contributed by atoms with Crippen LogP contribution in [0.2, 0.25) is 0 Å². The molecule has 2 N–H and O–H groups in total. The predicted molar refractivity (Wildman–Crippen MR) is 227 cm³/mol. The van der Waals surface area contributed by atoms with E-state index in [0.717, 1.165) is 76.2 Å². The molecule has 1 aliphatic carbocycles. The second-order valence-electron chi connectivity index (χ2n) is 16.3. The molecule has 3 amide bonds. The Morgan fingerprint density at radius 3 is 2.19 bits per heavy atom. The van der Waals surface area contributed by atoms with Gasteiger partial charge in [-0.15, -0.1) is 0 Å². The number of fused-ring (bicyclic) bond motifs is 1. The van der Waals surface area contributed by atoms with Crippen LogP contribution < -0.4 is 15.1 Å². The summed E-state index contributed by atoms with van der Waals surface area (Å²) < 4.78 is 0. The van der Waals surface area contributed by atoms with Crippen LogP contribution in [0.15, 0.2) is 103 Å². The number of amides is 3. The number of piperazine rings is 1. The van der Waals surface area contributed by atoms with Crippen molar-refractivity contribution in [1.82, 2.24) is 15.1 Å². The van der Waals surface area contributed by atoms with E-state index in [1.165, 1.54) is 46.5 Å². The summed E-state index contributed by atoms with van der Waals surface area (Å²) in [5, 5.41) is 12.5. The molecule has 4 aromatic carbocycles. The second-order valence-corrected chi connectivity index (χ2v) is 16.3. The zero-order chi connectivity index (χ0) is 39.3. The fourth-order valence-electron chi connectivity index (χ4n) is 9.82. The maximum Gasteiger partial charge on any atom is 0.249 e. The number of aryl methyl sites for hydroxylation is 1. The Balaban J connectivity index is 0.817. The van der Waals surface area contributed by atoms with Crippen LogP contribution in [0.5, 0.6) is 5.75 Å². The lowest BCUT2D eigenvalue weighted by Crippen LogP contribution is -2.49. The topological polar surface area (TPSA) is 96.4 Å². The molecule has 0 spiro atoms. The highest BCUT2D eigenvalue weighted by Crippen LogP contribution is 2.47. The molecule has 0 radical (unpaired) electrons. The first-order chi connectivity index (χ1) is 27.9. The van der Waals surface area contributed by atoms with Crippen LogP contribution in [0.3, 0.4) is 0 Å². The average molecular weight is 766 g/mol. The van der Waals surface area contributed by atoms with E-state index in [1.807, 2.05) is 19.1 Å². The van der Waals surface area contributed by atoms with E-state index < -0.39 is 11.9 Å². The maximum absolute atomic E-state index is 12.9. The monoisotopic (exact) mass is 765 g/mol. The molecular formula is C48H55N5O4. The number of aromatic hydroxyl groups is 1. The molecule has 0 bridgehead atoms. The number of carbonyl (C=O) groups is 3. The number of benzene rings is 4. The maximum atomic E-state index is 12.9. The quantitative estimate of drug-likeness (QED) is 0.151. The number of phenols is 1. The molecule has 9 heteroatoms. The Labute approximate surface area is 337 Å². The summed E-state index contributed by atoms with van der Waals surface area (Å²) in [6, 6.07) is 34.0. The lowest BCUT2D eigenvalue weighted by Gasteiger charge is -2.40. The first-order valence-corrected chi connectivity index (χ1v) is 20.9. The zero-order valence-electron chi connectivity index (χ0n) is 33.1. The van der Waals surface area contributed by atoms with Crippen molar-refractivity contribution in [1.29, 1.82) is 0 Å². The molecule has 3 atom stereocenters. The van der Waals surface area contributed by atoms with E-state index in [-0.39, 0.29) is 11.8 Å². The fourth-order valence-corrected chi connectivity index (χ4v) is 9.82. The number of imide groups is 1. The van der Waals surface area contributed by atoms with Gasteiger partial charge < -0.3 is 19.8 Å². The zero-order valence-corrected chi connectivity index (χ0v) is 33.1. The van der Waals surface area contributed by atoms with Crippen molar-refractivity contribution < 1.29 is 19.5 Å². The molecule has 3 unspecified atom stereocenters. The molecule has 2 saturated heterocycles. The summed E-state index contributed by atoms with van der Waals surface area (Å²) in [5.74, 6) is 1.11. The Morgan fingerprint density at radius 1 is 0.825 bits per heavy atom. The minimum absolute atomic E-state index is 0.188. The predicted octanol–water partition coefficient (Wildman–Crippen LogP) is 6.96. The highest BCUT2D eigenvalue weighted by atomic mass is 16.3. The standard InChI is InChI=1S/C48H55N5O4/c1-2-6-45(48(57)49-33-54)53-32-39(30-46(53)56)35-9-14-41(15-10-35)52-27-25-50(26-28-52)31-34-21-23-51(24-22-34)40-16-11-37(12-17-40)47-43(36-7-4-3-5-8-36)19-13-38-29-42(55)18-20-44(38)47/h3-5,7-12,14-18,20,29-30,33-34,43,45,47,55H,2,6,13,19,21-28,31-32H2,1H3,(H,49,54,57). The number of phenolic OH excluding ortho intramolecular Hbond substituents is 1. The van der Waals surface area contributed by atoms with Gasteiger partial charge in [0.25, 0.3) is 0 Å². The van der Waals surface area contributed by atoms with Gasteiger partial charge in [-0.05, 0) is 114 Å².